The number of carbonyl (C=O) groups is 3. The highest BCUT2D eigenvalue weighted by molar-refractivity contribution is 7.98. The minimum atomic E-state index is -0.939. The second kappa shape index (κ2) is 10.9. The Morgan fingerprint density at radius 2 is 1.88 bits per heavy atom. The maximum absolute atomic E-state index is 13.2. The van der Waals surface area contributed by atoms with E-state index in [9.17, 15) is 14.4 Å². The van der Waals surface area contributed by atoms with Crippen LogP contribution in [0.4, 0.5) is 11.8 Å². The molecule has 3 aromatic rings. The number of primary amides is 1. The van der Waals surface area contributed by atoms with Gasteiger partial charge in [0.15, 0.2) is 5.16 Å². The molecule has 11 nitrogen and oxygen atoms in total. The molecule has 34 heavy (non-hydrogen) atoms. The number of nitrogens with one attached hydrogen (secondary N) is 1. The van der Waals surface area contributed by atoms with Crippen molar-refractivity contribution in [3.63, 3.8) is 0 Å². The van der Waals surface area contributed by atoms with Crippen molar-refractivity contribution in [3.05, 3.63) is 52.8 Å². The summed E-state index contributed by atoms with van der Waals surface area (Å²) in [5.41, 5.74) is 12.2. The van der Waals surface area contributed by atoms with E-state index in [2.05, 4.69) is 15.5 Å². The summed E-state index contributed by atoms with van der Waals surface area (Å²) in [5.74, 6) is -1.72. The molecule has 0 saturated carbocycles. The zero-order chi connectivity index (χ0) is 24.8. The van der Waals surface area contributed by atoms with Crippen molar-refractivity contribution in [2.75, 3.05) is 17.7 Å². The highest BCUT2D eigenvalue weighted by Crippen LogP contribution is 2.31. The van der Waals surface area contributed by atoms with E-state index in [-0.39, 0.29) is 35.3 Å². The highest BCUT2D eigenvalue weighted by Gasteiger charge is 2.32. The Morgan fingerprint density at radius 1 is 1.18 bits per heavy atom. The fourth-order valence-corrected chi connectivity index (χ4v) is 4.35. The number of hydrogen-bond donors (Lipinski definition) is 3. The molecular formula is C22H26N6O5S. The molecule has 180 valence electrons. The molecule has 1 aromatic carbocycles. The molecule has 1 atom stereocenters. The third kappa shape index (κ3) is 5.22. The Balaban J connectivity index is 1.88. The number of benzene rings is 1. The predicted molar refractivity (Wildman–Crippen MR) is 126 cm³/mol. The third-order valence-corrected chi connectivity index (χ3v) is 5.96. The Morgan fingerprint density at radius 3 is 2.50 bits per heavy atom. The van der Waals surface area contributed by atoms with Crippen molar-refractivity contribution in [2.45, 2.75) is 44.1 Å². The summed E-state index contributed by atoms with van der Waals surface area (Å²) in [5, 5.41) is 11.1. The molecule has 0 aliphatic heterocycles. The summed E-state index contributed by atoms with van der Waals surface area (Å²) in [6.07, 6.45) is 0.337. The van der Waals surface area contributed by atoms with Gasteiger partial charge in [0.1, 0.15) is 22.9 Å². The van der Waals surface area contributed by atoms with Gasteiger partial charge in [-0.3, -0.25) is 19.5 Å². The number of carbonyl (C=O) groups excluding carboxylic acids is 3. The molecular weight excluding hydrogens is 460 g/mol. The molecule has 2 amide bonds. The van der Waals surface area contributed by atoms with E-state index in [1.54, 1.807) is 13.8 Å². The number of aryl methyl sites for hydroxylation is 1. The first kappa shape index (κ1) is 24.8. The smallest absolute Gasteiger partial charge is 0.342 e. The fourth-order valence-electron chi connectivity index (χ4n) is 3.40. The Bertz CT molecular complexity index is 1190. The van der Waals surface area contributed by atoms with Crippen LogP contribution in [0.15, 0.2) is 39.9 Å². The Hall–Kier alpha value is -3.80. The topological polar surface area (TPSA) is 168 Å². The normalized spacial score (nSPS) is 11.7. The molecule has 3 rings (SSSR count). The van der Waals surface area contributed by atoms with Crippen LogP contribution in [0.5, 0.6) is 0 Å². The minimum absolute atomic E-state index is 0.0653. The Labute approximate surface area is 200 Å². The lowest BCUT2D eigenvalue weighted by molar-refractivity contribution is -0.119. The van der Waals surface area contributed by atoms with Gasteiger partial charge in [-0.25, -0.2) is 4.79 Å². The van der Waals surface area contributed by atoms with E-state index in [0.717, 1.165) is 5.56 Å². The summed E-state index contributed by atoms with van der Waals surface area (Å²) >= 11 is 1.38. The number of hydrogen-bond acceptors (Lipinski definition) is 9. The lowest BCUT2D eigenvalue weighted by Crippen LogP contribution is -2.28. The number of esters is 1. The van der Waals surface area contributed by atoms with Gasteiger partial charge >= 0.3 is 5.97 Å². The number of rotatable bonds is 10. The van der Waals surface area contributed by atoms with Crippen molar-refractivity contribution < 1.29 is 23.5 Å². The number of aromatic nitrogens is 3. The summed E-state index contributed by atoms with van der Waals surface area (Å²) in [6.45, 7) is 4.99. The number of amides is 2. The van der Waals surface area contributed by atoms with Crippen LogP contribution in [0, 0.1) is 6.92 Å². The first-order chi connectivity index (χ1) is 16.3. The second-order valence-corrected chi connectivity index (χ2v) is 8.16. The first-order valence-corrected chi connectivity index (χ1v) is 11.5. The highest BCUT2D eigenvalue weighted by atomic mass is 32.2. The number of anilines is 2. The average molecular weight is 487 g/mol. The average Bonchev–Trinajstić information content (AvgIpc) is 3.33. The van der Waals surface area contributed by atoms with Crippen LogP contribution in [0.2, 0.25) is 0 Å². The molecule has 0 fully saturated rings. The summed E-state index contributed by atoms with van der Waals surface area (Å²) < 4.78 is 12.0. The monoisotopic (exact) mass is 486 g/mol. The van der Waals surface area contributed by atoms with E-state index < -0.39 is 23.8 Å². The Kier molecular flexibility index (Phi) is 7.95. The van der Waals surface area contributed by atoms with Gasteiger partial charge in [-0.2, -0.15) is 0 Å². The van der Waals surface area contributed by atoms with Crippen LogP contribution in [-0.4, -0.2) is 39.2 Å². The number of nitrogens with zero attached hydrogens (tertiary/aromatic N) is 3. The standard InChI is InChI=1S/C22H26N6O5S/c1-4-14(28-21(24)26-27-22(28)34-11-13-9-7-6-8-10-13)18(30)25-19-16(17(23)29)15(12(3)33-19)20(31)32-5-2/h6-10,14H,4-5,11H2,1-3H3,(H2,23,29)(H2,24,26)(H,25,30). The number of ether oxygens (including phenoxy) is 1. The lowest BCUT2D eigenvalue weighted by atomic mass is 10.1. The van der Waals surface area contributed by atoms with E-state index in [4.69, 9.17) is 20.6 Å². The minimum Gasteiger partial charge on any atom is -0.462 e. The predicted octanol–water partition coefficient (Wildman–Crippen LogP) is 2.92. The summed E-state index contributed by atoms with van der Waals surface area (Å²) in [4.78, 5) is 37.6. The van der Waals surface area contributed by atoms with Crippen LogP contribution in [0.25, 0.3) is 0 Å². The van der Waals surface area contributed by atoms with Crippen LogP contribution in [0.1, 0.15) is 58.3 Å². The molecule has 0 aliphatic rings. The summed E-state index contributed by atoms with van der Waals surface area (Å²) in [6, 6.07) is 8.94. The van der Waals surface area contributed by atoms with E-state index in [0.29, 0.717) is 17.3 Å². The largest absolute Gasteiger partial charge is 0.462 e. The molecule has 12 heteroatoms. The summed E-state index contributed by atoms with van der Waals surface area (Å²) in [7, 11) is 0. The van der Waals surface area contributed by atoms with Crippen molar-refractivity contribution in [3.8, 4) is 0 Å². The number of nitrogens with two attached hydrogens (primary N) is 2. The third-order valence-electron chi connectivity index (χ3n) is 4.95. The zero-order valence-corrected chi connectivity index (χ0v) is 19.8. The van der Waals surface area contributed by atoms with Gasteiger partial charge in [0.25, 0.3) is 5.91 Å². The molecule has 0 saturated heterocycles. The van der Waals surface area contributed by atoms with Gasteiger partial charge < -0.3 is 20.6 Å². The van der Waals surface area contributed by atoms with Crippen LogP contribution < -0.4 is 16.8 Å². The van der Waals surface area contributed by atoms with Gasteiger partial charge in [0.05, 0.1) is 6.61 Å². The van der Waals surface area contributed by atoms with E-state index >= 15 is 0 Å². The van der Waals surface area contributed by atoms with Gasteiger partial charge in [-0.15, -0.1) is 10.2 Å². The van der Waals surface area contributed by atoms with Crippen molar-refractivity contribution in [1.29, 1.82) is 0 Å². The quantitative estimate of drug-likeness (QED) is 0.288. The maximum atomic E-state index is 13.2. The molecule has 5 N–H and O–H groups in total. The SMILES string of the molecule is CCOC(=O)c1c(C)oc(NC(=O)C(CC)n2c(N)nnc2SCc2ccccc2)c1C(N)=O. The van der Waals surface area contributed by atoms with Crippen molar-refractivity contribution >= 4 is 41.4 Å². The van der Waals surface area contributed by atoms with Gasteiger partial charge in [-0.1, -0.05) is 49.0 Å². The number of thioether (sulfide) groups is 1. The molecule has 0 aliphatic carbocycles. The van der Waals surface area contributed by atoms with E-state index in [1.165, 1.54) is 23.3 Å². The van der Waals surface area contributed by atoms with Crippen LogP contribution in [0.3, 0.4) is 0 Å². The maximum Gasteiger partial charge on any atom is 0.342 e. The zero-order valence-electron chi connectivity index (χ0n) is 19.0. The second-order valence-electron chi connectivity index (χ2n) is 7.22. The fraction of sp³-hybridized carbons (Fsp3) is 0.318. The van der Waals surface area contributed by atoms with Crippen molar-refractivity contribution in [2.24, 2.45) is 5.73 Å². The van der Waals surface area contributed by atoms with Gasteiger partial charge in [0.2, 0.25) is 17.7 Å². The van der Waals surface area contributed by atoms with Crippen LogP contribution in [-0.2, 0) is 15.3 Å². The van der Waals surface area contributed by atoms with Crippen molar-refractivity contribution in [1.82, 2.24) is 14.8 Å². The first-order valence-electron chi connectivity index (χ1n) is 10.6. The van der Waals surface area contributed by atoms with E-state index in [1.807, 2.05) is 30.3 Å². The number of furan rings is 1. The number of nitrogen functional groups attached to an aromatic ring is 1. The van der Waals surface area contributed by atoms with Gasteiger partial charge in [0, 0.05) is 5.75 Å². The molecule has 0 spiro atoms. The lowest BCUT2D eigenvalue weighted by Gasteiger charge is -2.18. The van der Waals surface area contributed by atoms with Crippen LogP contribution >= 0.6 is 11.8 Å². The molecule has 0 radical (unpaired) electrons. The molecule has 1 unspecified atom stereocenters. The molecule has 2 aromatic heterocycles. The molecule has 0 bridgehead atoms. The van der Waals surface area contributed by atoms with Gasteiger partial charge in [-0.05, 0) is 25.8 Å². The molecule has 2 heterocycles.